The van der Waals surface area contributed by atoms with Gasteiger partial charge in [-0.3, -0.25) is 15.4 Å². The molecule has 0 unspecified atom stereocenters. The first kappa shape index (κ1) is 16.8. The van der Waals surface area contributed by atoms with Gasteiger partial charge in [0.25, 0.3) is 5.69 Å². The van der Waals surface area contributed by atoms with E-state index in [1.54, 1.807) is 4.68 Å². The smallest absolute Gasteiger partial charge is 0.410 e. The first-order chi connectivity index (χ1) is 13.1. The van der Waals surface area contributed by atoms with Gasteiger partial charge >= 0.3 is 6.09 Å². The lowest BCUT2D eigenvalue weighted by atomic mass is 10.3. The second-order valence-corrected chi connectivity index (χ2v) is 6.24. The maximum absolute atomic E-state index is 12.3. The Balaban J connectivity index is 1.53. The van der Waals surface area contributed by atoms with Gasteiger partial charge in [-0.15, -0.1) is 0 Å². The number of benzene rings is 2. The summed E-state index contributed by atoms with van der Waals surface area (Å²) in [6.45, 7) is 0. The van der Waals surface area contributed by atoms with Gasteiger partial charge in [0.2, 0.25) is 0 Å². The second-order valence-electron chi connectivity index (χ2n) is 6.24. The molecule has 1 fully saturated rings. The monoisotopic (exact) mass is 364 g/mol. The van der Waals surface area contributed by atoms with Gasteiger partial charge in [-0.2, -0.15) is 5.10 Å². The molecule has 8 heteroatoms. The van der Waals surface area contributed by atoms with Crippen LogP contribution in [0.25, 0.3) is 5.69 Å². The van der Waals surface area contributed by atoms with Crippen LogP contribution in [0.3, 0.4) is 0 Å². The molecule has 0 saturated heterocycles. The molecule has 0 spiro atoms. The molecule has 1 aliphatic carbocycles. The molecule has 136 valence electrons. The van der Waals surface area contributed by atoms with Crippen molar-refractivity contribution in [3.05, 3.63) is 76.5 Å². The lowest BCUT2D eigenvalue weighted by Crippen LogP contribution is -2.19. The van der Waals surface area contributed by atoms with Crippen LogP contribution >= 0.6 is 0 Å². The minimum Gasteiger partial charge on any atom is -0.410 e. The van der Waals surface area contributed by atoms with Gasteiger partial charge in [0.05, 0.1) is 16.3 Å². The standard InChI is InChI=1S/C19H16N4O4/c24-19(27-16-10-8-15(9-11-16)23(25)26)20-18-12-17(13-6-7-13)21-22(18)14-4-2-1-3-5-14/h1-5,8-13H,6-7H2,(H,20,24). The number of amides is 1. The molecule has 8 nitrogen and oxygen atoms in total. The Morgan fingerprint density at radius 1 is 1.15 bits per heavy atom. The summed E-state index contributed by atoms with van der Waals surface area (Å²) in [5.74, 6) is 1.16. The zero-order valence-electron chi connectivity index (χ0n) is 14.2. The minimum atomic E-state index is -0.691. The van der Waals surface area contributed by atoms with Crippen molar-refractivity contribution in [3.63, 3.8) is 0 Å². The van der Waals surface area contributed by atoms with E-state index in [9.17, 15) is 14.9 Å². The number of carbonyl (C=O) groups excluding carboxylic acids is 1. The largest absolute Gasteiger partial charge is 0.418 e. The number of non-ortho nitro benzene ring substituents is 1. The third-order valence-corrected chi connectivity index (χ3v) is 4.21. The molecule has 1 amide bonds. The molecule has 3 aromatic rings. The number of carbonyl (C=O) groups is 1. The third kappa shape index (κ3) is 3.79. The quantitative estimate of drug-likeness (QED) is 0.538. The van der Waals surface area contributed by atoms with Crippen LogP contribution in [-0.2, 0) is 0 Å². The fourth-order valence-corrected chi connectivity index (χ4v) is 2.71. The number of nitrogens with zero attached hydrogens (tertiary/aromatic N) is 3. The number of anilines is 1. The van der Waals surface area contributed by atoms with Crippen molar-refractivity contribution in [1.29, 1.82) is 0 Å². The van der Waals surface area contributed by atoms with Crippen molar-refractivity contribution in [1.82, 2.24) is 9.78 Å². The number of nitrogens with one attached hydrogen (secondary N) is 1. The number of nitro groups is 1. The number of para-hydroxylation sites is 1. The molecule has 1 aliphatic rings. The molecule has 0 atom stereocenters. The normalized spacial score (nSPS) is 13.2. The predicted octanol–water partition coefficient (Wildman–Crippen LogP) is 4.27. The summed E-state index contributed by atoms with van der Waals surface area (Å²) in [6, 6.07) is 16.7. The Bertz CT molecular complexity index is 979. The molecule has 27 heavy (non-hydrogen) atoms. The van der Waals surface area contributed by atoms with E-state index in [1.807, 2.05) is 36.4 Å². The Hall–Kier alpha value is -3.68. The van der Waals surface area contributed by atoms with Crippen LogP contribution in [0.15, 0.2) is 60.7 Å². The van der Waals surface area contributed by atoms with Gasteiger partial charge in [-0.1, -0.05) is 18.2 Å². The maximum Gasteiger partial charge on any atom is 0.418 e. The third-order valence-electron chi connectivity index (χ3n) is 4.21. The summed E-state index contributed by atoms with van der Waals surface area (Å²) in [5.41, 5.74) is 1.69. The number of hydrogen-bond acceptors (Lipinski definition) is 5. The van der Waals surface area contributed by atoms with Crippen LogP contribution in [-0.4, -0.2) is 20.8 Å². The van der Waals surface area contributed by atoms with Gasteiger partial charge in [-0.05, 0) is 37.1 Å². The lowest BCUT2D eigenvalue weighted by molar-refractivity contribution is -0.384. The van der Waals surface area contributed by atoms with Crippen molar-refractivity contribution in [2.24, 2.45) is 0 Å². The summed E-state index contributed by atoms with van der Waals surface area (Å²) in [7, 11) is 0. The van der Waals surface area contributed by atoms with E-state index in [0.717, 1.165) is 24.2 Å². The van der Waals surface area contributed by atoms with Crippen LogP contribution in [0.1, 0.15) is 24.5 Å². The number of aromatic nitrogens is 2. The van der Waals surface area contributed by atoms with E-state index in [-0.39, 0.29) is 11.4 Å². The lowest BCUT2D eigenvalue weighted by Gasteiger charge is -2.09. The Morgan fingerprint density at radius 3 is 2.48 bits per heavy atom. The molecule has 2 aromatic carbocycles. The fourth-order valence-electron chi connectivity index (χ4n) is 2.71. The van der Waals surface area contributed by atoms with Crippen LogP contribution in [0.5, 0.6) is 5.75 Å². The second kappa shape index (κ2) is 6.91. The van der Waals surface area contributed by atoms with Crippen molar-refractivity contribution in [3.8, 4) is 11.4 Å². The molecule has 0 bridgehead atoms. The van der Waals surface area contributed by atoms with E-state index in [2.05, 4.69) is 10.4 Å². The SMILES string of the molecule is O=C(Nc1cc(C2CC2)nn1-c1ccccc1)Oc1ccc([N+](=O)[O-])cc1. The molecule has 1 heterocycles. The first-order valence-corrected chi connectivity index (χ1v) is 8.49. The zero-order valence-corrected chi connectivity index (χ0v) is 14.2. The molecular formula is C19H16N4O4. The molecule has 0 aliphatic heterocycles. The van der Waals surface area contributed by atoms with Crippen molar-refractivity contribution in [2.75, 3.05) is 5.32 Å². The van der Waals surface area contributed by atoms with Crippen molar-refractivity contribution >= 4 is 17.6 Å². The number of hydrogen-bond donors (Lipinski definition) is 1. The Morgan fingerprint density at radius 2 is 1.85 bits per heavy atom. The van der Waals surface area contributed by atoms with E-state index < -0.39 is 11.0 Å². The molecule has 1 saturated carbocycles. The van der Waals surface area contributed by atoms with Crippen LogP contribution < -0.4 is 10.1 Å². The summed E-state index contributed by atoms with van der Waals surface area (Å²) < 4.78 is 6.89. The van der Waals surface area contributed by atoms with E-state index in [1.165, 1.54) is 24.3 Å². The van der Waals surface area contributed by atoms with E-state index >= 15 is 0 Å². The van der Waals surface area contributed by atoms with Gasteiger partial charge in [0.15, 0.2) is 0 Å². The van der Waals surface area contributed by atoms with Gasteiger partial charge in [0, 0.05) is 24.1 Å². The van der Waals surface area contributed by atoms with Crippen LogP contribution in [0, 0.1) is 10.1 Å². The predicted molar refractivity (Wildman–Crippen MR) is 98.3 cm³/mol. The van der Waals surface area contributed by atoms with Crippen molar-refractivity contribution in [2.45, 2.75) is 18.8 Å². The topological polar surface area (TPSA) is 99.3 Å². The Kier molecular flexibility index (Phi) is 4.29. The summed E-state index contributed by atoms with van der Waals surface area (Å²) >= 11 is 0. The van der Waals surface area contributed by atoms with E-state index in [0.29, 0.717) is 11.7 Å². The van der Waals surface area contributed by atoms with Crippen molar-refractivity contribution < 1.29 is 14.5 Å². The van der Waals surface area contributed by atoms with E-state index in [4.69, 9.17) is 4.74 Å². The van der Waals surface area contributed by atoms with Crippen LogP contribution in [0.2, 0.25) is 0 Å². The number of ether oxygens (including phenoxy) is 1. The molecular weight excluding hydrogens is 348 g/mol. The average molecular weight is 364 g/mol. The number of nitro benzene ring substituents is 1. The molecule has 1 N–H and O–H groups in total. The Labute approximate surface area is 154 Å². The minimum absolute atomic E-state index is 0.0704. The van der Waals surface area contributed by atoms with Gasteiger partial charge in [-0.25, -0.2) is 9.48 Å². The highest BCUT2D eigenvalue weighted by Gasteiger charge is 2.28. The number of rotatable bonds is 5. The maximum atomic E-state index is 12.3. The summed E-state index contributed by atoms with van der Waals surface area (Å²) in [5, 5.41) is 18.0. The fraction of sp³-hybridized carbons (Fsp3) is 0.158. The van der Waals surface area contributed by atoms with Gasteiger partial charge in [0.1, 0.15) is 11.6 Å². The zero-order chi connectivity index (χ0) is 18.8. The first-order valence-electron chi connectivity index (χ1n) is 8.49. The molecule has 1 aromatic heterocycles. The highest BCUT2D eigenvalue weighted by atomic mass is 16.6. The molecule has 4 rings (SSSR count). The summed E-state index contributed by atoms with van der Waals surface area (Å²) in [6.07, 6.45) is 1.50. The highest BCUT2D eigenvalue weighted by molar-refractivity contribution is 5.85. The van der Waals surface area contributed by atoms with Crippen LogP contribution in [0.4, 0.5) is 16.3 Å². The highest BCUT2D eigenvalue weighted by Crippen LogP contribution is 2.40. The average Bonchev–Trinajstić information content (AvgIpc) is 3.44. The molecule has 0 radical (unpaired) electrons. The summed E-state index contributed by atoms with van der Waals surface area (Å²) in [4.78, 5) is 22.4. The van der Waals surface area contributed by atoms with Gasteiger partial charge < -0.3 is 4.74 Å².